The Kier molecular flexibility index (Phi) is 4.30. The van der Waals surface area contributed by atoms with Gasteiger partial charge in [0.2, 0.25) is 0 Å². The molecular weight excluding hydrogens is 216 g/mol. The molecule has 0 N–H and O–H groups in total. The van der Waals surface area contributed by atoms with Gasteiger partial charge in [-0.25, -0.2) is 0 Å². The lowest BCUT2D eigenvalue weighted by atomic mass is 10.1. The molecule has 0 aromatic heterocycles. The number of allylic oxidation sites excluding steroid dienone is 1. The largest absolute Gasteiger partial charge is 0.373 e. The summed E-state index contributed by atoms with van der Waals surface area (Å²) in [6, 6.07) is 0. The molecule has 0 spiro atoms. The van der Waals surface area contributed by atoms with Crippen LogP contribution in [0, 0.1) is 5.92 Å². The second-order valence-corrected chi connectivity index (χ2v) is 4.57. The van der Waals surface area contributed by atoms with Crippen LogP contribution < -0.4 is 0 Å². The Balaban J connectivity index is 2.44. The van der Waals surface area contributed by atoms with Crippen molar-refractivity contribution in [2.24, 2.45) is 5.92 Å². The molecule has 1 aliphatic heterocycles. The van der Waals surface area contributed by atoms with Crippen molar-refractivity contribution in [1.29, 1.82) is 0 Å². The SMILES string of the molecule is CC(C)/C=C(/Br)C1CCCCO1. The summed E-state index contributed by atoms with van der Waals surface area (Å²) in [5.74, 6) is 0.602. The van der Waals surface area contributed by atoms with E-state index in [0.29, 0.717) is 12.0 Å². The van der Waals surface area contributed by atoms with Crippen molar-refractivity contribution in [3.05, 3.63) is 10.6 Å². The van der Waals surface area contributed by atoms with E-state index < -0.39 is 0 Å². The van der Waals surface area contributed by atoms with Crippen LogP contribution in [0.4, 0.5) is 0 Å². The lowest BCUT2D eigenvalue weighted by molar-refractivity contribution is 0.0445. The van der Waals surface area contributed by atoms with E-state index in [1.165, 1.54) is 23.7 Å². The molecule has 0 amide bonds. The first-order valence-corrected chi connectivity index (χ1v) is 5.48. The lowest BCUT2D eigenvalue weighted by Crippen LogP contribution is -2.19. The van der Waals surface area contributed by atoms with Crippen molar-refractivity contribution >= 4 is 15.9 Å². The summed E-state index contributed by atoms with van der Waals surface area (Å²) in [6.07, 6.45) is 6.25. The zero-order valence-corrected chi connectivity index (χ0v) is 9.43. The Hall–Kier alpha value is 0.180. The van der Waals surface area contributed by atoms with Gasteiger partial charge in [0.25, 0.3) is 0 Å². The van der Waals surface area contributed by atoms with Crippen LogP contribution in [0.2, 0.25) is 0 Å². The highest BCUT2D eigenvalue weighted by Gasteiger charge is 2.16. The average Bonchev–Trinajstić information content (AvgIpc) is 2.05. The Morgan fingerprint density at radius 3 is 2.75 bits per heavy atom. The summed E-state index contributed by atoms with van der Waals surface area (Å²) < 4.78 is 6.86. The third-order valence-corrected chi connectivity index (χ3v) is 2.75. The van der Waals surface area contributed by atoms with E-state index in [1.54, 1.807) is 0 Å². The molecule has 70 valence electrons. The third-order valence-electron chi connectivity index (χ3n) is 1.98. The smallest absolute Gasteiger partial charge is 0.0886 e. The van der Waals surface area contributed by atoms with Crippen molar-refractivity contribution in [3.63, 3.8) is 0 Å². The molecule has 2 heteroatoms. The molecule has 1 atom stereocenters. The van der Waals surface area contributed by atoms with Crippen molar-refractivity contribution in [2.75, 3.05) is 6.61 Å². The van der Waals surface area contributed by atoms with Crippen molar-refractivity contribution < 1.29 is 4.74 Å². The summed E-state index contributed by atoms with van der Waals surface area (Å²) in [7, 11) is 0. The van der Waals surface area contributed by atoms with Gasteiger partial charge < -0.3 is 4.74 Å². The van der Waals surface area contributed by atoms with Gasteiger partial charge in [0.15, 0.2) is 0 Å². The molecule has 1 rings (SSSR count). The molecule has 12 heavy (non-hydrogen) atoms. The molecule has 0 aliphatic carbocycles. The lowest BCUT2D eigenvalue weighted by Gasteiger charge is -2.22. The second-order valence-electron chi connectivity index (χ2n) is 3.65. The van der Waals surface area contributed by atoms with Gasteiger partial charge in [-0.05, 0) is 25.2 Å². The summed E-state index contributed by atoms with van der Waals surface area (Å²) >= 11 is 3.58. The second kappa shape index (κ2) is 5.03. The van der Waals surface area contributed by atoms with E-state index in [2.05, 4.69) is 35.9 Å². The molecule has 1 heterocycles. The minimum Gasteiger partial charge on any atom is -0.373 e. The molecule has 1 nitrogen and oxygen atoms in total. The number of hydrogen-bond donors (Lipinski definition) is 0. The average molecular weight is 233 g/mol. The summed E-state index contributed by atoms with van der Waals surface area (Å²) in [5.41, 5.74) is 0. The van der Waals surface area contributed by atoms with Crippen molar-refractivity contribution in [1.82, 2.24) is 0 Å². The van der Waals surface area contributed by atoms with E-state index in [0.717, 1.165) is 6.61 Å². The maximum Gasteiger partial charge on any atom is 0.0886 e. The van der Waals surface area contributed by atoms with Crippen molar-refractivity contribution in [2.45, 2.75) is 39.2 Å². The molecule has 0 bridgehead atoms. The van der Waals surface area contributed by atoms with Crippen LogP contribution in [0.15, 0.2) is 10.6 Å². The Morgan fingerprint density at radius 1 is 1.50 bits per heavy atom. The van der Waals surface area contributed by atoms with Crippen molar-refractivity contribution in [3.8, 4) is 0 Å². The van der Waals surface area contributed by atoms with Gasteiger partial charge in [-0.2, -0.15) is 0 Å². The maximum absolute atomic E-state index is 5.63. The predicted octanol–water partition coefficient (Wildman–Crippen LogP) is 3.49. The first kappa shape index (κ1) is 10.3. The van der Waals surface area contributed by atoms with E-state index in [9.17, 15) is 0 Å². The van der Waals surface area contributed by atoms with Crippen LogP contribution in [0.1, 0.15) is 33.1 Å². The monoisotopic (exact) mass is 232 g/mol. The fourth-order valence-electron chi connectivity index (χ4n) is 1.38. The van der Waals surface area contributed by atoms with Crippen LogP contribution in [0.25, 0.3) is 0 Å². The standard InChI is InChI=1S/C10H17BrO/c1-8(2)7-9(11)10-5-3-4-6-12-10/h7-8,10H,3-6H2,1-2H3/b9-7+. The molecule has 1 unspecified atom stereocenters. The predicted molar refractivity (Wildman–Crippen MR) is 55.4 cm³/mol. The summed E-state index contributed by atoms with van der Waals surface area (Å²) in [4.78, 5) is 0. The van der Waals surface area contributed by atoms with Gasteiger partial charge in [-0.15, -0.1) is 0 Å². The highest BCUT2D eigenvalue weighted by Crippen LogP contribution is 2.24. The van der Waals surface area contributed by atoms with Crippen LogP contribution >= 0.6 is 15.9 Å². The highest BCUT2D eigenvalue weighted by molar-refractivity contribution is 9.11. The first-order valence-electron chi connectivity index (χ1n) is 4.69. The van der Waals surface area contributed by atoms with E-state index >= 15 is 0 Å². The number of hydrogen-bond acceptors (Lipinski definition) is 1. The van der Waals surface area contributed by atoms with Gasteiger partial charge in [-0.1, -0.05) is 35.9 Å². The number of rotatable bonds is 2. The van der Waals surface area contributed by atoms with Crippen LogP contribution in [0.3, 0.4) is 0 Å². The minimum atomic E-state index is 0.334. The first-order chi connectivity index (χ1) is 5.70. The number of ether oxygens (including phenoxy) is 1. The maximum atomic E-state index is 5.63. The third kappa shape index (κ3) is 3.28. The molecule has 0 aromatic rings. The molecule has 0 saturated carbocycles. The fourth-order valence-corrected chi connectivity index (χ4v) is 2.27. The Labute approximate surface area is 83.3 Å². The minimum absolute atomic E-state index is 0.334. The molecule has 1 aliphatic rings. The zero-order valence-electron chi connectivity index (χ0n) is 7.85. The topological polar surface area (TPSA) is 9.23 Å². The van der Waals surface area contributed by atoms with Gasteiger partial charge in [0, 0.05) is 11.1 Å². The van der Waals surface area contributed by atoms with Gasteiger partial charge in [0.05, 0.1) is 6.10 Å². The molecule has 0 radical (unpaired) electrons. The van der Waals surface area contributed by atoms with Crippen LogP contribution in [-0.2, 0) is 4.74 Å². The van der Waals surface area contributed by atoms with E-state index in [4.69, 9.17) is 4.74 Å². The normalized spacial score (nSPS) is 26.3. The highest BCUT2D eigenvalue weighted by atomic mass is 79.9. The molecule has 0 aromatic carbocycles. The molecule has 1 fully saturated rings. The van der Waals surface area contributed by atoms with Gasteiger partial charge in [-0.3, -0.25) is 0 Å². The molecule has 1 saturated heterocycles. The molecular formula is C10H17BrO. The van der Waals surface area contributed by atoms with E-state index in [1.807, 2.05) is 0 Å². The Morgan fingerprint density at radius 2 is 2.25 bits per heavy atom. The van der Waals surface area contributed by atoms with Gasteiger partial charge in [0.1, 0.15) is 0 Å². The number of halogens is 1. The Bertz CT molecular complexity index is 157. The van der Waals surface area contributed by atoms with E-state index in [-0.39, 0.29) is 0 Å². The fraction of sp³-hybridized carbons (Fsp3) is 0.800. The van der Waals surface area contributed by atoms with Gasteiger partial charge >= 0.3 is 0 Å². The summed E-state index contributed by atoms with van der Waals surface area (Å²) in [5, 5.41) is 0. The van der Waals surface area contributed by atoms with Crippen LogP contribution in [0.5, 0.6) is 0 Å². The summed E-state index contributed by atoms with van der Waals surface area (Å²) in [6.45, 7) is 5.29. The quantitative estimate of drug-likeness (QED) is 0.709. The van der Waals surface area contributed by atoms with Crippen LogP contribution in [-0.4, -0.2) is 12.7 Å². The zero-order chi connectivity index (χ0) is 8.97.